The van der Waals surface area contributed by atoms with Crippen molar-refractivity contribution in [2.75, 3.05) is 7.05 Å². The SMILES string of the molecule is CNC1CCCCC1Cc1nc(-c2ccsc2)no1. The second-order valence-electron chi connectivity index (χ2n) is 5.17. The van der Waals surface area contributed by atoms with Gasteiger partial charge in [0.25, 0.3) is 0 Å². The van der Waals surface area contributed by atoms with E-state index in [-0.39, 0.29) is 0 Å². The Hall–Kier alpha value is -1.20. The summed E-state index contributed by atoms with van der Waals surface area (Å²) in [4.78, 5) is 4.52. The third-order valence-corrected chi connectivity index (χ3v) is 4.65. The van der Waals surface area contributed by atoms with Crippen LogP contribution in [0.1, 0.15) is 31.6 Å². The monoisotopic (exact) mass is 277 g/mol. The molecule has 2 heterocycles. The van der Waals surface area contributed by atoms with Crippen molar-refractivity contribution in [2.45, 2.75) is 38.1 Å². The van der Waals surface area contributed by atoms with Crippen LogP contribution in [0.2, 0.25) is 0 Å². The molecule has 0 bridgehead atoms. The summed E-state index contributed by atoms with van der Waals surface area (Å²) in [6.07, 6.45) is 6.04. The molecule has 0 spiro atoms. The molecule has 0 radical (unpaired) electrons. The molecule has 0 aliphatic heterocycles. The second-order valence-corrected chi connectivity index (χ2v) is 5.95. The molecular weight excluding hydrogens is 258 g/mol. The van der Waals surface area contributed by atoms with Crippen molar-refractivity contribution < 1.29 is 4.52 Å². The van der Waals surface area contributed by atoms with Gasteiger partial charge >= 0.3 is 0 Å². The van der Waals surface area contributed by atoms with Gasteiger partial charge in [-0.3, -0.25) is 0 Å². The highest BCUT2D eigenvalue weighted by molar-refractivity contribution is 7.08. The van der Waals surface area contributed by atoms with Crippen LogP contribution in [0.15, 0.2) is 21.3 Å². The summed E-state index contributed by atoms with van der Waals surface area (Å²) in [6.45, 7) is 0. The summed E-state index contributed by atoms with van der Waals surface area (Å²) < 4.78 is 5.40. The average Bonchev–Trinajstić information content (AvgIpc) is 3.09. The largest absolute Gasteiger partial charge is 0.339 e. The number of thiophene rings is 1. The maximum atomic E-state index is 5.40. The topological polar surface area (TPSA) is 51.0 Å². The van der Waals surface area contributed by atoms with E-state index in [1.54, 1.807) is 11.3 Å². The van der Waals surface area contributed by atoms with E-state index in [1.165, 1.54) is 25.7 Å². The Morgan fingerprint density at radius 2 is 2.32 bits per heavy atom. The molecule has 2 aromatic heterocycles. The third kappa shape index (κ3) is 2.87. The van der Waals surface area contributed by atoms with E-state index in [0.29, 0.717) is 17.8 Å². The van der Waals surface area contributed by atoms with Crippen molar-refractivity contribution in [1.29, 1.82) is 0 Å². The summed E-state index contributed by atoms with van der Waals surface area (Å²) in [5.74, 6) is 2.11. The molecule has 3 rings (SSSR count). The maximum absolute atomic E-state index is 5.40. The van der Waals surface area contributed by atoms with Crippen LogP contribution < -0.4 is 5.32 Å². The first-order valence-electron chi connectivity index (χ1n) is 6.89. The molecule has 1 fully saturated rings. The molecule has 19 heavy (non-hydrogen) atoms. The standard InChI is InChI=1S/C14H19N3OS/c1-15-12-5-3-2-4-10(12)8-13-16-14(17-18-13)11-6-7-19-9-11/h6-7,9-10,12,15H,2-5,8H2,1H3. The van der Waals surface area contributed by atoms with Gasteiger partial charge < -0.3 is 9.84 Å². The Bertz CT molecular complexity index is 509. The predicted molar refractivity (Wildman–Crippen MR) is 76.1 cm³/mol. The lowest BCUT2D eigenvalue weighted by atomic mass is 9.82. The van der Waals surface area contributed by atoms with Crippen LogP contribution in [0.4, 0.5) is 0 Å². The van der Waals surface area contributed by atoms with Gasteiger partial charge in [-0.2, -0.15) is 16.3 Å². The van der Waals surface area contributed by atoms with Crippen molar-refractivity contribution in [3.8, 4) is 11.4 Å². The second kappa shape index (κ2) is 5.84. The quantitative estimate of drug-likeness (QED) is 0.933. The molecule has 4 nitrogen and oxygen atoms in total. The minimum Gasteiger partial charge on any atom is -0.339 e. The van der Waals surface area contributed by atoms with Gasteiger partial charge in [-0.15, -0.1) is 0 Å². The van der Waals surface area contributed by atoms with Gasteiger partial charge in [0, 0.05) is 23.4 Å². The Labute approximate surface area is 117 Å². The van der Waals surface area contributed by atoms with Gasteiger partial charge in [0.1, 0.15) is 0 Å². The molecule has 1 N–H and O–H groups in total. The summed E-state index contributed by atoms with van der Waals surface area (Å²) in [5.41, 5.74) is 1.05. The summed E-state index contributed by atoms with van der Waals surface area (Å²) >= 11 is 1.65. The fourth-order valence-electron chi connectivity index (χ4n) is 2.90. The lowest BCUT2D eigenvalue weighted by Crippen LogP contribution is -2.37. The number of hydrogen-bond donors (Lipinski definition) is 1. The maximum Gasteiger partial charge on any atom is 0.227 e. The van der Waals surface area contributed by atoms with Crippen molar-refractivity contribution in [1.82, 2.24) is 15.5 Å². The van der Waals surface area contributed by atoms with Gasteiger partial charge in [0.05, 0.1) is 0 Å². The van der Waals surface area contributed by atoms with E-state index in [9.17, 15) is 0 Å². The van der Waals surface area contributed by atoms with E-state index >= 15 is 0 Å². The van der Waals surface area contributed by atoms with Crippen LogP contribution >= 0.6 is 11.3 Å². The van der Waals surface area contributed by atoms with Crippen LogP contribution in [0.5, 0.6) is 0 Å². The smallest absolute Gasteiger partial charge is 0.227 e. The summed E-state index contributed by atoms with van der Waals surface area (Å²) in [6, 6.07) is 2.61. The molecule has 1 aliphatic carbocycles. The summed E-state index contributed by atoms with van der Waals surface area (Å²) in [5, 5.41) is 11.6. The fraction of sp³-hybridized carbons (Fsp3) is 0.571. The van der Waals surface area contributed by atoms with E-state index in [2.05, 4.69) is 15.5 Å². The molecule has 5 heteroatoms. The normalized spacial score (nSPS) is 23.6. The highest BCUT2D eigenvalue weighted by Crippen LogP contribution is 2.27. The molecule has 0 amide bonds. The van der Waals surface area contributed by atoms with E-state index in [1.807, 2.05) is 23.9 Å². The Kier molecular flexibility index (Phi) is 3.94. The lowest BCUT2D eigenvalue weighted by molar-refractivity contribution is 0.248. The number of nitrogens with one attached hydrogen (secondary N) is 1. The van der Waals surface area contributed by atoms with E-state index < -0.39 is 0 Å². The molecule has 2 atom stereocenters. The average molecular weight is 277 g/mol. The third-order valence-electron chi connectivity index (χ3n) is 3.96. The van der Waals surface area contributed by atoms with Gasteiger partial charge in [-0.1, -0.05) is 18.0 Å². The first-order valence-corrected chi connectivity index (χ1v) is 7.83. The van der Waals surface area contributed by atoms with Gasteiger partial charge in [0.2, 0.25) is 11.7 Å². The highest BCUT2D eigenvalue weighted by Gasteiger charge is 2.26. The predicted octanol–water partition coefficient (Wildman–Crippen LogP) is 3.12. The minimum absolute atomic E-state index is 0.588. The van der Waals surface area contributed by atoms with E-state index in [4.69, 9.17) is 4.52 Å². The molecule has 2 aromatic rings. The van der Waals surface area contributed by atoms with Crippen molar-refractivity contribution >= 4 is 11.3 Å². The van der Waals surface area contributed by atoms with Crippen LogP contribution in [0, 0.1) is 5.92 Å². The number of aromatic nitrogens is 2. The van der Waals surface area contributed by atoms with Crippen LogP contribution in [0.3, 0.4) is 0 Å². The molecular formula is C14H19N3OS. The number of nitrogens with zero attached hydrogens (tertiary/aromatic N) is 2. The van der Waals surface area contributed by atoms with Crippen molar-refractivity contribution in [2.24, 2.45) is 5.92 Å². The summed E-state index contributed by atoms with van der Waals surface area (Å²) in [7, 11) is 2.05. The minimum atomic E-state index is 0.588. The van der Waals surface area contributed by atoms with Crippen LogP contribution in [-0.4, -0.2) is 23.2 Å². The molecule has 1 saturated carbocycles. The number of hydrogen-bond acceptors (Lipinski definition) is 5. The first-order chi connectivity index (χ1) is 9.36. The van der Waals surface area contributed by atoms with Crippen LogP contribution in [-0.2, 0) is 6.42 Å². The molecule has 1 aliphatic rings. The van der Waals surface area contributed by atoms with Crippen molar-refractivity contribution in [3.05, 3.63) is 22.7 Å². The Balaban J connectivity index is 1.69. The van der Waals surface area contributed by atoms with Crippen LogP contribution in [0.25, 0.3) is 11.4 Å². The van der Waals surface area contributed by atoms with Gasteiger partial charge in [0.15, 0.2) is 0 Å². The molecule has 102 valence electrons. The first kappa shape index (κ1) is 12.8. The molecule has 0 aromatic carbocycles. The lowest BCUT2D eigenvalue weighted by Gasteiger charge is -2.30. The fourth-order valence-corrected chi connectivity index (χ4v) is 3.54. The molecule has 0 saturated heterocycles. The van der Waals surface area contributed by atoms with E-state index in [0.717, 1.165) is 17.9 Å². The zero-order chi connectivity index (χ0) is 13.1. The van der Waals surface area contributed by atoms with Gasteiger partial charge in [-0.25, -0.2) is 0 Å². The molecule has 2 unspecified atom stereocenters. The zero-order valence-corrected chi connectivity index (χ0v) is 11.9. The van der Waals surface area contributed by atoms with Gasteiger partial charge in [-0.05, 0) is 37.3 Å². The highest BCUT2D eigenvalue weighted by atomic mass is 32.1. The zero-order valence-electron chi connectivity index (χ0n) is 11.1. The Morgan fingerprint density at radius 3 is 3.11 bits per heavy atom. The van der Waals surface area contributed by atoms with Crippen molar-refractivity contribution in [3.63, 3.8) is 0 Å². The number of rotatable bonds is 4. The Morgan fingerprint density at radius 1 is 1.42 bits per heavy atom.